The van der Waals surface area contributed by atoms with Crippen molar-refractivity contribution in [3.8, 4) is 0 Å². The number of nitrogens with one attached hydrogen (secondary N) is 1. The first-order valence-corrected chi connectivity index (χ1v) is 19.0. The van der Waals surface area contributed by atoms with Gasteiger partial charge in [-0.2, -0.15) is 0 Å². The Labute approximate surface area is 222 Å². The molecule has 1 N–H and O–H groups in total. The molecule has 200 valence electrons. The van der Waals surface area contributed by atoms with Crippen molar-refractivity contribution < 1.29 is 13.6 Å². The molecule has 0 aliphatic carbocycles. The minimum atomic E-state index is -1.87. The van der Waals surface area contributed by atoms with Crippen LogP contribution in [-0.4, -0.2) is 29.0 Å². The number of hydrogen-bond donors (Lipinski definition) is 1. The molecule has 6 heteroatoms. The van der Waals surface area contributed by atoms with Crippen molar-refractivity contribution in [3.63, 3.8) is 0 Å². The van der Waals surface area contributed by atoms with Gasteiger partial charge < -0.3 is 14.2 Å². The van der Waals surface area contributed by atoms with Gasteiger partial charge in [-0.25, -0.2) is 0 Å². The second-order valence-electron chi connectivity index (χ2n) is 13.0. The topological polar surface area (TPSA) is 47.6 Å². The first kappa shape index (κ1) is 30.5. The van der Waals surface area contributed by atoms with Gasteiger partial charge in [0.2, 0.25) is 0 Å². The van der Waals surface area contributed by atoms with Crippen LogP contribution in [0.3, 0.4) is 0 Å². The Morgan fingerprint density at radius 2 is 1.36 bits per heavy atom. The molecule has 0 fully saturated rings. The monoisotopic (exact) mass is 527 g/mol. The summed E-state index contributed by atoms with van der Waals surface area (Å²) in [6.45, 7) is 26.6. The molecule has 0 atom stereocenters. The molecule has 0 radical (unpaired) electrons. The van der Waals surface area contributed by atoms with Gasteiger partial charge in [0.25, 0.3) is 0 Å². The van der Waals surface area contributed by atoms with E-state index >= 15 is 0 Å². The molecule has 0 amide bonds. The average molecular weight is 528 g/mol. The van der Waals surface area contributed by atoms with Crippen LogP contribution in [0, 0.1) is 0 Å². The summed E-state index contributed by atoms with van der Waals surface area (Å²) in [5, 5.41) is 3.81. The molecule has 0 aliphatic rings. The molecule has 0 saturated heterocycles. The summed E-state index contributed by atoms with van der Waals surface area (Å²) in [7, 11) is -3.72. The van der Waals surface area contributed by atoms with E-state index in [1.165, 1.54) is 16.7 Å². The Morgan fingerprint density at radius 3 is 1.89 bits per heavy atom. The quantitative estimate of drug-likeness (QED) is 0.235. The van der Waals surface area contributed by atoms with Gasteiger partial charge in [0.05, 0.1) is 13.2 Å². The Bertz CT molecular complexity index is 1030. The molecule has 0 aromatic heterocycles. The summed E-state index contributed by atoms with van der Waals surface area (Å²) < 4.78 is 13.2. The first-order chi connectivity index (χ1) is 16.4. The highest BCUT2D eigenvalue weighted by atomic mass is 28.4. The Morgan fingerprint density at radius 1 is 0.806 bits per heavy atom. The van der Waals surface area contributed by atoms with Crippen molar-refractivity contribution in [1.82, 2.24) is 0 Å². The predicted octanol–water partition coefficient (Wildman–Crippen LogP) is 8.59. The zero-order chi connectivity index (χ0) is 27.4. The van der Waals surface area contributed by atoms with Crippen LogP contribution in [0.4, 0.5) is 5.69 Å². The third kappa shape index (κ3) is 8.40. The van der Waals surface area contributed by atoms with Crippen molar-refractivity contribution in [2.24, 2.45) is 0 Å². The lowest BCUT2D eigenvalue weighted by atomic mass is 10.0. The van der Waals surface area contributed by atoms with Crippen LogP contribution in [0.25, 0.3) is 0 Å². The van der Waals surface area contributed by atoms with E-state index in [2.05, 4.69) is 91.2 Å². The summed E-state index contributed by atoms with van der Waals surface area (Å²) in [5.41, 5.74) is 5.44. The number of benzene rings is 2. The van der Waals surface area contributed by atoms with Crippen molar-refractivity contribution in [2.45, 2.75) is 104 Å². The normalized spacial score (nSPS) is 13.1. The van der Waals surface area contributed by atoms with Gasteiger partial charge in [0.15, 0.2) is 22.4 Å². The van der Waals surface area contributed by atoms with Crippen LogP contribution < -0.4 is 5.32 Å². The summed E-state index contributed by atoms with van der Waals surface area (Å²) in [4.78, 5) is 11.7. The maximum Gasteiger partial charge on any atom is 0.192 e. The molecule has 0 heterocycles. The lowest BCUT2D eigenvalue weighted by Gasteiger charge is -2.37. The van der Waals surface area contributed by atoms with Crippen LogP contribution in [0.1, 0.15) is 75.5 Å². The second kappa shape index (κ2) is 11.8. The fourth-order valence-electron chi connectivity index (χ4n) is 3.26. The van der Waals surface area contributed by atoms with Crippen LogP contribution >= 0.6 is 0 Å². The van der Waals surface area contributed by atoms with Crippen molar-refractivity contribution in [3.05, 3.63) is 64.7 Å². The number of Topliss-reactive ketones (excluding diaryl/α,β-unsaturated/α-hetero) is 1. The highest BCUT2D eigenvalue weighted by Gasteiger charge is 2.38. The van der Waals surface area contributed by atoms with Crippen LogP contribution in [0.2, 0.25) is 36.3 Å². The minimum Gasteiger partial charge on any atom is -0.413 e. The fourth-order valence-corrected chi connectivity index (χ4v) is 5.16. The molecular weight excluding hydrogens is 479 g/mol. The van der Waals surface area contributed by atoms with Gasteiger partial charge in [0, 0.05) is 17.8 Å². The van der Waals surface area contributed by atoms with Crippen LogP contribution in [0.15, 0.2) is 42.5 Å². The van der Waals surface area contributed by atoms with Gasteiger partial charge in [-0.15, -0.1) is 0 Å². The van der Waals surface area contributed by atoms with E-state index in [4.69, 9.17) is 8.85 Å². The van der Waals surface area contributed by atoms with Gasteiger partial charge in [-0.05, 0) is 78.4 Å². The Hall–Kier alpha value is -1.74. The van der Waals surface area contributed by atoms with E-state index in [1.54, 1.807) is 6.92 Å². The molecule has 0 spiro atoms. The molecule has 4 nitrogen and oxygen atoms in total. The molecule has 0 aliphatic heterocycles. The van der Waals surface area contributed by atoms with Crippen LogP contribution in [0.5, 0.6) is 0 Å². The standard InChI is InChI=1S/C30H49NO3Si2/c1-23(32)25-13-12-14-28(20-25)31-18-17-24-15-16-26(21-33-35(8,9)29(2,3)4)27(19-24)22-34-36(10,11)30(5,6)7/h12-16,19-20,31H,17-18,21-22H2,1-11H3. The van der Waals surface area contributed by atoms with E-state index in [0.717, 1.165) is 24.2 Å². The van der Waals surface area contributed by atoms with E-state index in [0.29, 0.717) is 13.2 Å². The highest BCUT2D eigenvalue weighted by Crippen LogP contribution is 2.39. The Kier molecular flexibility index (Phi) is 9.96. The lowest BCUT2D eigenvalue weighted by molar-refractivity contribution is 0.101. The summed E-state index contributed by atoms with van der Waals surface area (Å²) in [6, 6.07) is 14.4. The third-order valence-corrected chi connectivity index (χ3v) is 17.0. The molecule has 0 saturated carbocycles. The molecule has 2 aromatic rings. The summed E-state index contributed by atoms with van der Waals surface area (Å²) in [6.07, 6.45) is 0.890. The van der Waals surface area contributed by atoms with Crippen molar-refractivity contribution >= 4 is 28.1 Å². The zero-order valence-electron chi connectivity index (χ0n) is 24.6. The Balaban J connectivity index is 2.19. The molecule has 2 rings (SSSR count). The zero-order valence-corrected chi connectivity index (χ0v) is 26.6. The minimum absolute atomic E-state index is 0.0838. The fraction of sp³-hybridized carbons (Fsp3) is 0.567. The lowest BCUT2D eigenvalue weighted by Crippen LogP contribution is -2.41. The van der Waals surface area contributed by atoms with E-state index in [1.807, 2.05) is 24.3 Å². The molecule has 0 bridgehead atoms. The van der Waals surface area contributed by atoms with Crippen molar-refractivity contribution in [2.75, 3.05) is 11.9 Å². The summed E-state index contributed by atoms with van der Waals surface area (Å²) in [5.74, 6) is 0.0838. The molecular formula is C30H49NO3Si2. The van der Waals surface area contributed by atoms with Gasteiger partial charge in [-0.1, -0.05) is 71.9 Å². The van der Waals surface area contributed by atoms with E-state index < -0.39 is 16.6 Å². The van der Waals surface area contributed by atoms with E-state index in [9.17, 15) is 4.79 Å². The maximum atomic E-state index is 11.7. The first-order valence-electron chi connectivity index (χ1n) is 13.2. The third-order valence-electron chi connectivity index (χ3n) is 8.07. The number of carbonyl (C=O) groups is 1. The predicted molar refractivity (Wildman–Crippen MR) is 159 cm³/mol. The van der Waals surface area contributed by atoms with Crippen molar-refractivity contribution in [1.29, 1.82) is 0 Å². The average Bonchev–Trinajstić information content (AvgIpc) is 2.75. The molecule has 2 aromatic carbocycles. The maximum absolute atomic E-state index is 11.7. The smallest absolute Gasteiger partial charge is 0.192 e. The van der Waals surface area contributed by atoms with Gasteiger partial charge in [-0.3, -0.25) is 4.79 Å². The SMILES string of the molecule is CC(=O)c1cccc(NCCc2ccc(CO[Si](C)(C)C(C)(C)C)c(CO[Si](C)(C)C(C)(C)C)c2)c1. The number of rotatable bonds is 11. The van der Waals surface area contributed by atoms with E-state index in [-0.39, 0.29) is 15.9 Å². The second-order valence-corrected chi connectivity index (χ2v) is 22.6. The number of carbonyl (C=O) groups excluding carboxylic acids is 1. The highest BCUT2D eigenvalue weighted by molar-refractivity contribution is 6.74. The van der Waals surface area contributed by atoms with Gasteiger partial charge in [0.1, 0.15) is 0 Å². The largest absolute Gasteiger partial charge is 0.413 e. The number of anilines is 1. The molecule has 0 unspecified atom stereocenters. The number of ketones is 1. The summed E-state index contributed by atoms with van der Waals surface area (Å²) >= 11 is 0. The van der Waals surface area contributed by atoms with Gasteiger partial charge >= 0.3 is 0 Å². The van der Waals surface area contributed by atoms with Crippen LogP contribution in [-0.2, 0) is 28.5 Å². The number of hydrogen-bond acceptors (Lipinski definition) is 4. The molecule has 36 heavy (non-hydrogen) atoms.